The van der Waals surface area contributed by atoms with Crippen LogP contribution in [0.15, 0.2) is 24.3 Å². The lowest BCUT2D eigenvalue weighted by molar-refractivity contribution is -0.122. The van der Waals surface area contributed by atoms with Gasteiger partial charge in [-0.2, -0.15) is 0 Å². The normalized spacial score (nSPS) is 13.9. The molecule has 0 fully saturated rings. The maximum absolute atomic E-state index is 11.6. The van der Waals surface area contributed by atoms with E-state index in [0.717, 1.165) is 17.9 Å². The molecule has 20 heavy (non-hydrogen) atoms. The van der Waals surface area contributed by atoms with Crippen LogP contribution in [0.2, 0.25) is 0 Å². The lowest BCUT2D eigenvalue weighted by Gasteiger charge is -2.33. The molecule has 0 bridgehead atoms. The number of hydrogen-bond acceptors (Lipinski definition) is 4. The van der Waals surface area contributed by atoms with Gasteiger partial charge in [0.1, 0.15) is 5.75 Å². The highest BCUT2D eigenvalue weighted by molar-refractivity contribution is 5.77. The van der Waals surface area contributed by atoms with Gasteiger partial charge < -0.3 is 15.8 Å². The number of nitrogens with two attached hydrogens (primary N) is 1. The van der Waals surface area contributed by atoms with Gasteiger partial charge in [0.25, 0.3) is 0 Å². The molecule has 0 aromatic heterocycles. The van der Waals surface area contributed by atoms with E-state index in [9.17, 15) is 4.79 Å². The fourth-order valence-corrected chi connectivity index (χ4v) is 2.32. The number of rotatable bonds is 7. The second kappa shape index (κ2) is 7.87. The maximum atomic E-state index is 11.6. The van der Waals surface area contributed by atoms with Crippen LogP contribution < -0.4 is 15.8 Å². The van der Waals surface area contributed by atoms with E-state index in [1.165, 1.54) is 0 Å². The van der Waals surface area contributed by atoms with Gasteiger partial charge in [0, 0.05) is 13.1 Å². The predicted molar refractivity (Wildman–Crippen MR) is 80.7 cm³/mol. The van der Waals surface area contributed by atoms with Crippen molar-refractivity contribution in [3.05, 3.63) is 29.8 Å². The molecule has 2 atom stereocenters. The zero-order valence-corrected chi connectivity index (χ0v) is 12.7. The van der Waals surface area contributed by atoms with Crippen molar-refractivity contribution in [1.82, 2.24) is 10.2 Å². The summed E-state index contributed by atoms with van der Waals surface area (Å²) in [6.45, 7) is 5.08. The number of likely N-dealkylation sites (N-methyl/N-ethyl adjacent to an activating group) is 2. The van der Waals surface area contributed by atoms with Crippen LogP contribution in [0.3, 0.4) is 0 Å². The van der Waals surface area contributed by atoms with Crippen molar-refractivity contribution in [1.29, 1.82) is 0 Å². The van der Waals surface area contributed by atoms with Crippen molar-refractivity contribution >= 4 is 5.91 Å². The molecule has 1 aromatic rings. The highest BCUT2D eigenvalue weighted by atomic mass is 16.5. The van der Waals surface area contributed by atoms with Gasteiger partial charge in [0.15, 0.2) is 0 Å². The summed E-state index contributed by atoms with van der Waals surface area (Å²) in [6, 6.07) is 7.76. The Kier molecular flexibility index (Phi) is 6.48. The molecule has 1 aromatic carbocycles. The first-order chi connectivity index (χ1) is 9.53. The fraction of sp³-hybridized carbons (Fsp3) is 0.533. The molecule has 2 unspecified atom stereocenters. The topological polar surface area (TPSA) is 67.6 Å². The third kappa shape index (κ3) is 4.21. The first kappa shape index (κ1) is 16.5. The summed E-state index contributed by atoms with van der Waals surface area (Å²) in [5.41, 5.74) is 7.22. The number of carbonyl (C=O) groups excluding carboxylic acids is 1. The Morgan fingerprint density at radius 2 is 2.00 bits per heavy atom. The van der Waals surface area contributed by atoms with E-state index in [0.29, 0.717) is 6.54 Å². The molecule has 0 aliphatic rings. The van der Waals surface area contributed by atoms with Crippen molar-refractivity contribution in [2.75, 3.05) is 27.2 Å². The monoisotopic (exact) mass is 279 g/mol. The molecule has 0 aliphatic heterocycles. The van der Waals surface area contributed by atoms with Crippen LogP contribution in [0.1, 0.15) is 25.5 Å². The van der Waals surface area contributed by atoms with Gasteiger partial charge in [0.2, 0.25) is 5.91 Å². The molecule has 0 aliphatic carbocycles. The number of amides is 1. The smallest absolute Gasteiger partial charge is 0.233 e. The van der Waals surface area contributed by atoms with Gasteiger partial charge in [-0.25, -0.2) is 0 Å². The van der Waals surface area contributed by atoms with E-state index in [1.807, 2.05) is 38.1 Å². The van der Waals surface area contributed by atoms with Crippen LogP contribution in [0.25, 0.3) is 0 Å². The quantitative estimate of drug-likeness (QED) is 0.786. The second-order valence-electron chi connectivity index (χ2n) is 4.81. The molecule has 1 rings (SSSR count). The second-order valence-corrected chi connectivity index (χ2v) is 4.81. The number of nitrogens with zero attached hydrogens (tertiary/aromatic N) is 1. The molecular weight excluding hydrogens is 254 g/mol. The first-order valence-electron chi connectivity index (χ1n) is 6.87. The van der Waals surface area contributed by atoms with Gasteiger partial charge >= 0.3 is 0 Å². The Morgan fingerprint density at radius 1 is 1.40 bits per heavy atom. The van der Waals surface area contributed by atoms with Crippen LogP contribution in [-0.4, -0.2) is 44.1 Å². The van der Waals surface area contributed by atoms with E-state index in [2.05, 4.69) is 10.2 Å². The summed E-state index contributed by atoms with van der Waals surface area (Å²) in [6.07, 6.45) is 0. The molecule has 1 amide bonds. The van der Waals surface area contributed by atoms with Crippen LogP contribution in [0.4, 0.5) is 0 Å². The number of benzene rings is 1. The minimum absolute atomic E-state index is 0.00297. The number of methoxy groups -OCH3 is 1. The predicted octanol–water partition coefficient (Wildman–Crippen LogP) is 1.15. The zero-order valence-electron chi connectivity index (χ0n) is 12.7. The highest BCUT2D eigenvalue weighted by Crippen LogP contribution is 2.25. The zero-order chi connectivity index (χ0) is 15.1. The standard InChI is InChI=1S/C15H25N3O2/c1-5-18(10-14(19)17-3)15(11(2)16)12-6-8-13(20-4)9-7-12/h6-9,11,15H,5,10,16H2,1-4H3,(H,17,19). The lowest BCUT2D eigenvalue weighted by atomic mass is 9.99. The average molecular weight is 279 g/mol. The van der Waals surface area contributed by atoms with E-state index < -0.39 is 0 Å². The minimum atomic E-state index is -0.0759. The van der Waals surface area contributed by atoms with Crippen molar-refractivity contribution in [3.63, 3.8) is 0 Å². The molecule has 5 nitrogen and oxygen atoms in total. The molecule has 3 N–H and O–H groups in total. The summed E-state index contributed by atoms with van der Waals surface area (Å²) in [5.74, 6) is 0.803. The number of hydrogen-bond donors (Lipinski definition) is 2. The molecule has 0 saturated carbocycles. The van der Waals surface area contributed by atoms with Crippen LogP contribution in [0.5, 0.6) is 5.75 Å². The summed E-state index contributed by atoms with van der Waals surface area (Å²) >= 11 is 0. The van der Waals surface area contributed by atoms with E-state index in [4.69, 9.17) is 10.5 Å². The largest absolute Gasteiger partial charge is 0.497 e. The van der Waals surface area contributed by atoms with Gasteiger partial charge in [-0.05, 0) is 31.2 Å². The van der Waals surface area contributed by atoms with Crippen molar-refractivity contribution < 1.29 is 9.53 Å². The number of ether oxygens (including phenoxy) is 1. The SMILES string of the molecule is CCN(CC(=O)NC)C(c1ccc(OC)cc1)C(C)N. The van der Waals surface area contributed by atoms with Crippen LogP contribution >= 0.6 is 0 Å². The molecule has 0 radical (unpaired) electrons. The number of nitrogens with one attached hydrogen (secondary N) is 1. The first-order valence-corrected chi connectivity index (χ1v) is 6.87. The van der Waals surface area contributed by atoms with Gasteiger partial charge in [0.05, 0.1) is 19.7 Å². The molecule has 0 saturated heterocycles. The third-order valence-corrected chi connectivity index (χ3v) is 3.38. The van der Waals surface area contributed by atoms with Crippen LogP contribution in [-0.2, 0) is 4.79 Å². The molecule has 0 spiro atoms. The van der Waals surface area contributed by atoms with Crippen LogP contribution in [0, 0.1) is 0 Å². The van der Waals surface area contributed by atoms with E-state index in [-0.39, 0.29) is 18.0 Å². The Balaban J connectivity index is 2.98. The summed E-state index contributed by atoms with van der Waals surface area (Å²) in [5, 5.41) is 2.65. The Labute approximate surface area is 121 Å². The summed E-state index contributed by atoms with van der Waals surface area (Å²) in [7, 11) is 3.28. The Hall–Kier alpha value is -1.59. The van der Waals surface area contributed by atoms with E-state index in [1.54, 1.807) is 14.2 Å². The summed E-state index contributed by atoms with van der Waals surface area (Å²) < 4.78 is 5.17. The van der Waals surface area contributed by atoms with Crippen molar-refractivity contribution in [3.8, 4) is 5.75 Å². The number of carbonyl (C=O) groups is 1. The third-order valence-electron chi connectivity index (χ3n) is 3.38. The fourth-order valence-electron chi connectivity index (χ4n) is 2.32. The molecule has 5 heteroatoms. The van der Waals surface area contributed by atoms with Crippen molar-refractivity contribution in [2.24, 2.45) is 5.73 Å². The van der Waals surface area contributed by atoms with Gasteiger partial charge in [-0.3, -0.25) is 9.69 Å². The molecule has 0 heterocycles. The summed E-state index contributed by atoms with van der Waals surface area (Å²) in [4.78, 5) is 13.7. The highest BCUT2D eigenvalue weighted by Gasteiger charge is 2.24. The average Bonchev–Trinajstić information content (AvgIpc) is 2.46. The van der Waals surface area contributed by atoms with E-state index >= 15 is 0 Å². The minimum Gasteiger partial charge on any atom is -0.497 e. The lowest BCUT2D eigenvalue weighted by Crippen LogP contribution is -2.44. The Morgan fingerprint density at radius 3 is 2.40 bits per heavy atom. The maximum Gasteiger partial charge on any atom is 0.233 e. The molecule has 112 valence electrons. The molecular formula is C15H25N3O2. The van der Waals surface area contributed by atoms with Gasteiger partial charge in [-0.1, -0.05) is 19.1 Å². The Bertz CT molecular complexity index is 418. The van der Waals surface area contributed by atoms with Crippen molar-refractivity contribution in [2.45, 2.75) is 25.9 Å². The van der Waals surface area contributed by atoms with Gasteiger partial charge in [-0.15, -0.1) is 0 Å².